The van der Waals surface area contributed by atoms with Gasteiger partial charge in [-0.05, 0) is 39.9 Å². The molecule has 314 valence electrons. The van der Waals surface area contributed by atoms with Crippen molar-refractivity contribution in [2.75, 3.05) is 0 Å². The zero-order chi connectivity index (χ0) is 44.5. The van der Waals surface area contributed by atoms with Gasteiger partial charge in [0.1, 0.15) is 0 Å². The summed E-state index contributed by atoms with van der Waals surface area (Å²) in [6, 6.07) is 82.4. The number of hydrogen-bond donors (Lipinski definition) is 0. The van der Waals surface area contributed by atoms with E-state index in [0.717, 1.165) is 67.0 Å². The maximum Gasteiger partial charge on any atom is 0.164 e. The molecule has 6 heteroatoms. The average molecular weight is 874 g/mol. The van der Waals surface area contributed by atoms with Crippen molar-refractivity contribution >= 4 is 31.5 Å². The fourth-order valence-corrected chi connectivity index (χ4v) is 10.1. The van der Waals surface area contributed by atoms with Gasteiger partial charge in [0, 0.05) is 59.1 Å². The molecule has 12 aromatic rings. The average Bonchev–Trinajstić information content (AvgIpc) is 3.80. The first kappa shape index (κ1) is 39.8. The lowest BCUT2D eigenvalue weighted by atomic mass is 9.91. The van der Waals surface area contributed by atoms with E-state index in [1.54, 1.807) is 0 Å². The molecule has 0 aliphatic rings. The molecule has 0 saturated heterocycles. The Bertz CT molecular complexity index is 3570. The van der Waals surface area contributed by atoms with Gasteiger partial charge >= 0.3 is 0 Å². The molecule has 5 nitrogen and oxygen atoms in total. The number of nitrogens with zero attached hydrogens (tertiary/aromatic N) is 5. The second-order valence-corrected chi connectivity index (χ2v) is 17.5. The maximum atomic E-state index is 5.05. The molecule has 0 bridgehead atoms. The van der Waals surface area contributed by atoms with Gasteiger partial charge in [0.2, 0.25) is 0 Å². The summed E-state index contributed by atoms with van der Waals surface area (Å²) in [6.07, 6.45) is 0. The van der Waals surface area contributed by atoms with E-state index in [1.165, 1.54) is 31.3 Å². The van der Waals surface area contributed by atoms with Crippen molar-refractivity contribution in [1.29, 1.82) is 0 Å². The monoisotopic (exact) mass is 873 g/mol. The molecule has 9 aromatic carbocycles. The number of fused-ring (bicyclic) bond motifs is 3. The van der Waals surface area contributed by atoms with Crippen molar-refractivity contribution in [2.45, 2.75) is 0 Å². The van der Waals surface area contributed by atoms with Crippen LogP contribution in [0.4, 0.5) is 0 Å². The molecule has 3 heterocycles. The van der Waals surface area contributed by atoms with Gasteiger partial charge in [0.25, 0.3) is 0 Å². The minimum atomic E-state index is 0.633. The lowest BCUT2D eigenvalue weighted by molar-refractivity contribution is 1.07. The topological polar surface area (TPSA) is 64.5 Å². The van der Waals surface area contributed by atoms with Gasteiger partial charge in [-0.15, -0.1) is 11.3 Å². The highest BCUT2D eigenvalue weighted by atomic mass is 32.1. The molecule has 0 amide bonds. The summed E-state index contributed by atoms with van der Waals surface area (Å²) in [5, 5.41) is 2.54. The van der Waals surface area contributed by atoms with E-state index in [4.69, 9.17) is 24.9 Å². The van der Waals surface area contributed by atoms with Crippen molar-refractivity contribution in [3.8, 4) is 101 Å². The lowest BCUT2D eigenvalue weighted by Gasteiger charge is -2.14. The number of benzene rings is 9. The Morgan fingerprint density at radius 1 is 0.254 bits per heavy atom. The zero-order valence-electron chi connectivity index (χ0n) is 36.2. The van der Waals surface area contributed by atoms with Crippen LogP contribution in [0.25, 0.3) is 122 Å². The van der Waals surface area contributed by atoms with Crippen LogP contribution in [0.3, 0.4) is 0 Å². The van der Waals surface area contributed by atoms with Gasteiger partial charge in [0.05, 0.1) is 11.4 Å². The molecule has 0 N–H and O–H groups in total. The van der Waals surface area contributed by atoms with E-state index in [9.17, 15) is 0 Å². The summed E-state index contributed by atoms with van der Waals surface area (Å²) in [5.41, 5.74) is 14.6. The Morgan fingerprint density at radius 2 is 0.627 bits per heavy atom. The van der Waals surface area contributed by atoms with Crippen LogP contribution in [-0.2, 0) is 0 Å². The number of aromatic nitrogens is 5. The molecule has 12 rings (SSSR count). The van der Waals surface area contributed by atoms with Gasteiger partial charge in [-0.3, -0.25) is 0 Å². The van der Waals surface area contributed by atoms with Crippen molar-refractivity contribution in [1.82, 2.24) is 24.9 Å². The van der Waals surface area contributed by atoms with Crippen LogP contribution in [0, 0.1) is 0 Å². The molecule has 0 spiro atoms. The number of thiophene rings is 1. The molecule has 0 aliphatic carbocycles. The number of rotatable bonds is 9. The van der Waals surface area contributed by atoms with Crippen LogP contribution >= 0.6 is 11.3 Å². The van der Waals surface area contributed by atoms with Gasteiger partial charge in [0.15, 0.2) is 23.3 Å². The van der Waals surface area contributed by atoms with E-state index in [0.29, 0.717) is 23.3 Å². The minimum absolute atomic E-state index is 0.633. The summed E-state index contributed by atoms with van der Waals surface area (Å²) in [5.74, 6) is 2.63. The zero-order valence-corrected chi connectivity index (χ0v) is 37.0. The molecule has 3 aromatic heterocycles. The third-order valence-corrected chi connectivity index (χ3v) is 13.4. The summed E-state index contributed by atoms with van der Waals surface area (Å²) in [7, 11) is 0. The number of hydrogen-bond acceptors (Lipinski definition) is 6. The highest BCUT2D eigenvalue weighted by Crippen LogP contribution is 2.45. The maximum absolute atomic E-state index is 5.05. The van der Waals surface area contributed by atoms with Crippen LogP contribution in [0.2, 0.25) is 0 Å². The fraction of sp³-hybridized carbons (Fsp3) is 0. The summed E-state index contributed by atoms with van der Waals surface area (Å²) < 4.78 is 2.55. The van der Waals surface area contributed by atoms with Gasteiger partial charge in [-0.1, -0.05) is 224 Å². The third-order valence-electron chi connectivity index (χ3n) is 12.2. The first-order valence-corrected chi connectivity index (χ1v) is 23.1. The van der Waals surface area contributed by atoms with E-state index in [-0.39, 0.29) is 0 Å². The Balaban J connectivity index is 0.899. The standard InChI is InChI=1S/C61H39N5S/c1-5-15-43(16-6-1)53-39-54(63-58(62-53)46-17-7-2-8-18-46)44-31-25-40(26-32-44)41-27-33-45(34-28-41)56-50(37-38-52-51-23-13-14-24-55(51)67-57(52)56)42-29-35-49(36-30-42)61-65-59(47-19-9-3-10-20-47)64-60(66-61)48-21-11-4-12-22-48/h1-39H. The molecular weight excluding hydrogens is 835 g/mol. The first-order valence-electron chi connectivity index (χ1n) is 22.3. The molecule has 0 atom stereocenters. The minimum Gasteiger partial charge on any atom is -0.228 e. The highest BCUT2D eigenvalue weighted by Gasteiger charge is 2.18. The Hall–Kier alpha value is -8.71. The summed E-state index contributed by atoms with van der Waals surface area (Å²) in [4.78, 5) is 24.9. The molecule has 0 aliphatic heterocycles. The van der Waals surface area contributed by atoms with Gasteiger partial charge < -0.3 is 0 Å². The summed E-state index contributed by atoms with van der Waals surface area (Å²) >= 11 is 1.85. The second-order valence-electron chi connectivity index (χ2n) is 16.4. The third kappa shape index (κ3) is 7.86. The van der Waals surface area contributed by atoms with Crippen LogP contribution in [0.15, 0.2) is 237 Å². The molecule has 0 saturated carbocycles. The lowest BCUT2D eigenvalue weighted by Crippen LogP contribution is -2.00. The van der Waals surface area contributed by atoms with Crippen LogP contribution in [-0.4, -0.2) is 24.9 Å². The Morgan fingerprint density at radius 3 is 1.15 bits per heavy atom. The summed E-state index contributed by atoms with van der Waals surface area (Å²) in [6.45, 7) is 0. The van der Waals surface area contributed by atoms with E-state index < -0.39 is 0 Å². The normalized spacial score (nSPS) is 11.3. The smallest absolute Gasteiger partial charge is 0.164 e. The van der Waals surface area contributed by atoms with Crippen molar-refractivity contribution in [2.24, 2.45) is 0 Å². The van der Waals surface area contributed by atoms with Crippen LogP contribution < -0.4 is 0 Å². The molecule has 67 heavy (non-hydrogen) atoms. The highest BCUT2D eigenvalue weighted by molar-refractivity contribution is 7.26. The van der Waals surface area contributed by atoms with Crippen molar-refractivity contribution in [3.63, 3.8) is 0 Å². The first-order chi connectivity index (χ1) is 33.2. The predicted octanol–water partition coefficient (Wildman–Crippen LogP) is 16.0. The Labute approximate surface area is 392 Å². The Kier molecular flexibility index (Phi) is 10.3. The van der Waals surface area contributed by atoms with Crippen molar-refractivity contribution < 1.29 is 0 Å². The predicted molar refractivity (Wildman–Crippen MR) is 277 cm³/mol. The SMILES string of the molecule is c1ccc(-c2cc(-c3ccc(-c4ccc(-c5c(-c6ccc(-c7nc(-c8ccccc8)nc(-c8ccccc8)n7)cc6)ccc6c5sc5ccccc56)cc4)cc3)nc(-c3ccccc3)n2)cc1. The quantitative estimate of drug-likeness (QED) is 0.145. The van der Waals surface area contributed by atoms with Gasteiger partial charge in [-0.25, -0.2) is 24.9 Å². The molecular formula is C61H39N5S. The van der Waals surface area contributed by atoms with E-state index in [1.807, 2.05) is 108 Å². The molecule has 0 radical (unpaired) electrons. The largest absolute Gasteiger partial charge is 0.228 e. The van der Waals surface area contributed by atoms with Crippen LogP contribution in [0.1, 0.15) is 0 Å². The van der Waals surface area contributed by atoms with E-state index >= 15 is 0 Å². The molecule has 0 fully saturated rings. The van der Waals surface area contributed by atoms with Gasteiger partial charge in [-0.2, -0.15) is 0 Å². The second kappa shape index (κ2) is 17.3. The van der Waals surface area contributed by atoms with E-state index in [2.05, 4.69) is 140 Å². The van der Waals surface area contributed by atoms with Crippen molar-refractivity contribution in [3.05, 3.63) is 237 Å². The molecule has 0 unspecified atom stereocenters. The fourth-order valence-electron chi connectivity index (χ4n) is 8.78. The van der Waals surface area contributed by atoms with Crippen LogP contribution in [0.5, 0.6) is 0 Å².